The molecule has 0 atom stereocenters. The van der Waals surface area contributed by atoms with Crippen LogP contribution in [0.4, 0.5) is 0 Å². The Morgan fingerprint density at radius 1 is 1.47 bits per heavy atom. The molecule has 0 aliphatic heterocycles. The molecule has 1 heterocycles. The average molecular weight is 229 g/mol. The molecule has 84 valence electrons. The molecule has 0 saturated carbocycles. The number of nitrogens with zero attached hydrogens (tertiary/aromatic N) is 1. The lowest BCUT2D eigenvalue weighted by Gasteiger charge is -2.15. The normalized spacial score (nSPS) is 10.9. The van der Waals surface area contributed by atoms with Gasteiger partial charge in [-0.3, -0.25) is 4.79 Å². The number of carbonyl (C=O) groups excluding carboxylic acids is 1. The molecule has 0 N–H and O–H groups in total. The van der Waals surface area contributed by atoms with E-state index in [9.17, 15) is 4.79 Å². The molecule has 4 nitrogen and oxygen atoms in total. The Hall–Kier alpha value is -0.780. The first-order chi connectivity index (χ1) is 7.27. The molecular weight excluding hydrogens is 214 g/mol. The number of rotatable bonds is 7. The predicted molar refractivity (Wildman–Crippen MR) is 58.1 cm³/mol. The zero-order valence-electron chi connectivity index (χ0n) is 8.93. The predicted octanol–water partition coefficient (Wildman–Crippen LogP) is 2.12. The van der Waals surface area contributed by atoms with Crippen LogP contribution in [0, 0.1) is 0 Å². The monoisotopic (exact) mass is 229 g/mol. The summed E-state index contributed by atoms with van der Waals surface area (Å²) in [5.74, 6) is -0.0306. The molecular formula is C10H15NO3S. The summed E-state index contributed by atoms with van der Waals surface area (Å²) in [7, 11) is 0. The number of ether oxygens (including phenoxy) is 2. The van der Waals surface area contributed by atoms with Crippen molar-refractivity contribution >= 4 is 17.1 Å². The van der Waals surface area contributed by atoms with Crippen LogP contribution in [-0.2, 0) is 9.47 Å². The Morgan fingerprint density at radius 2 is 2.13 bits per heavy atom. The first kappa shape index (κ1) is 12.3. The van der Waals surface area contributed by atoms with Crippen LogP contribution in [0.3, 0.4) is 0 Å². The van der Waals surface area contributed by atoms with Gasteiger partial charge in [-0.1, -0.05) is 0 Å². The second-order valence-electron chi connectivity index (χ2n) is 2.80. The standard InChI is InChI=1S/C10H15NO3S/c1-3-13-9(14-4-2)7-8(12)10-11-5-6-15-10/h5-6,9H,3-4,7H2,1-2H3. The third kappa shape index (κ3) is 4.07. The van der Waals surface area contributed by atoms with Crippen molar-refractivity contribution in [1.29, 1.82) is 0 Å². The summed E-state index contributed by atoms with van der Waals surface area (Å²) in [6.45, 7) is 4.82. The van der Waals surface area contributed by atoms with Crippen LogP contribution in [0.25, 0.3) is 0 Å². The third-order valence-electron chi connectivity index (χ3n) is 1.73. The van der Waals surface area contributed by atoms with Gasteiger partial charge in [0.05, 0.1) is 6.42 Å². The molecule has 0 radical (unpaired) electrons. The van der Waals surface area contributed by atoms with Crippen molar-refractivity contribution in [3.8, 4) is 0 Å². The van der Waals surface area contributed by atoms with Gasteiger partial charge in [0.1, 0.15) is 0 Å². The van der Waals surface area contributed by atoms with Gasteiger partial charge < -0.3 is 9.47 Å². The van der Waals surface area contributed by atoms with Crippen molar-refractivity contribution in [2.24, 2.45) is 0 Å². The summed E-state index contributed by atoms with van der Waals surface area (Å²) in [6, 6.07) is 0. The average Bonchev–Trinajstić information content (AvgIpc) is 2.71. The topological polar surface area (TPSA) is 48.4 Å². The van der Waals surface area contributed by atoms with Crippen molar-refractivity contribution in [3.05, 3.63) is 16.6 Å². The number of Topliss-reactive ketones (excluding diaryl/α,β-unsaturated/α-hetero) is 1. The Kier molecular flexibility index (Phi) is 5.45. The first-order valence-electron chi connectivity index (χ1n) is 4.93. The fourth-order valence-corrected chi connectivity index (χ4v) is 1.72. The van der Waals surface area contributed by atoms with Crippen LogP contribution in [0.15, 0.2) is 11.6 Å². The quantitative estimate of drug-likeness (QED) is 0.531. The fraction of sp³-hybridized carbons (Fsp3) is 0.600. The van der Waals surface area contributed by atoms with Gasteiger partial charge in [-0.2, -0.15) is 0 Å². The third-order valence-corrected chi connectivity index (χ3v) is 2.54. The molecule has 0 bridgehead atoms. The van der Waals surface area contributed by atoms with E-state index in [2.05, 4.69) is 4.98 Å². The van der Waals surface area contributed by atoms with Gasteiger partial charge in [-0.25, -0.2) is 4.98 Å². The maximum Gasteiger partial charge on any atom is 0.196 e. The van der Waals surface area contributed by atoms with Crippen LogP contribution in [-0.4, -0.2) is 30.3 Å². The Balaban J connectivity index is 2.47. The second-order valence-corrected chi connectivity index (χ2v) is 3.70. The van der Waals surface area contributed by atoms with Gasteiger partial charge in [0, 0.05) is 24.8 Å². The van der Waals surface area contributed by atoms with Gasteiger partial charge in [0.2, 0.25) is 0 Å². The number of carbonyl (C=O) groups is 1. The van der Waals surface area contributed by atoms with Crippen molar-refractivity contribution < 1.29 is 14.3 Å². The lowest BCUT2D eigenvalue weighted by atomic mass is 10.3. The molecule has 1 aromatic rings. The molecule has 0 aliphatic carbocycles. The van der Waals surface area contributed by atoms with Crippen molar-refractivity contribution in [2.45, 2.75) is 26.6 Å². The van der Waals surface area contributed by atoms with E-state index >= 15 is 0 Å². The summed E-state index contributed by atoms with van der Waals surface area (Å²) in [4.78, 5) is 15.6. The zero-order valence-corrected chi connectivity index (χ0v) is 9.75. The lowest BCUT2D eigenvalue weighted by molar-refractivity contribution is -0.133. The lowest BCUT2D eigenvalue weighted by Crippen LogP contribution is -2.21. The van der Waals surface area contributed by atoms with Gasteiger partial charge >= 0.3 is 0 Å². The first-order valence-corrected chi connectivity index (χ1v) is 5.81. The highest BCUT2D eigenvalue weighted by atomic mass is 32.1. The molecule has 0 spiro atoms. The molecule has 0 amide bonds. The van der Waals surface area contributed by atoms with Gasteiger partial charge in [-0.05, 0) is 13.8 Å². The maximum atomic E-state index is 11.7. The highest BCUT2D eigenvalue weighted by Crippen LogP contribution is 2.11. The Morgan fingerprint density at radius 3 is 2.60 bits per heavy atom. The molecule has 0 saturated heterocycles. The van der Waals surface area contributed by atoms with Crippen LogP contribution < -0.4 is 0 Å². The number of hydrogen-bond donors (Lipinski definition) is 0. The zero-order chi connectivity index (χ0) is 11.1. The SMILES string of the molecule is CCOC(CC(=O)c1nccs1)OCC. The molecule has 5 heteroatoms. The van der Waals surface area contributed by atoms with Crippen LogP contribution in [0.1, 0.15) is 30.1 Å². The second kappa shape index (κ2) is 6.66. The van der Waals surface area contributed by atoms with Crippen molar-refractivity contribution in [1.82, 2.24) is 4.98 Å². The Bertz CT molecular complexity index is 281. The summed E-state index contributed by atoms with van der Waals surface area (Å²) in [5.41, 5.74) is 0. The molecule has 1 aromatic heterocycles. The molecule has 1 rings (SSSR count). The molecule has 0 aliphatic rings. The van der Waals surface area contributed by atoms with Gasteiger partial charge in [0.25, 0.3) is 0 Å². The summed E-state index contributed by atoms with van der Waals surface area (Å²) < 4.78 is 10.6. The Labute approximate surface area is 93.2 Å². The number of aromatic nitrogens is 1. The van der Waals surface area contributed by atoms with E-state index in [1.807, 2.05) is 13.8 Å². The fourth-order valence-electron chi connectivity index (χ4n) is 1.14. The number of hydrogen-bond acceptors (Lipinski definition) is 5. The van der Waals surface area contributed by atoms with E-state index in [1.165, 1.54) is 11.3 Å². The van der Waals surface area contributed by atoms with Crippen LogP contribution >= 0.6 is 11.3 Å². The molecule has 0 aromatic carbocycles. The van der Waals surface area contributed by atoms with E-state index in [4.69, 9.17) is 9.47 Å². The molecule has 0 fully saturated rings. The van der Waals surface area contributed by atoms with E-state index < -0.39 is 6.29 Å². The minimum atomic E-state index is -0.448. The highest BCUT2D eigenvalue weighted by molar-refractivity contribution is 7.11. The number of ketones is 1. The smallest absolute Gasteiger partial charge is 0.196 e. The van der Waals surface area contributed by atoms with E-state index in [1.54, 1.807) is 11.6 Å². The van der Waals surface area contributed by atoms with Crippen LogP contribution in [0.5, 0.6) is 0 Å². The highest BCUT2D eigenvalue weighted by Gasteiger charge is 2.16. The van der Waals surface area contributed by atoms with Crippen LogP contribution in [0.2, 0.25) is 0 Å². The minimum absolute atomic E-state index is 0.0306. The minimum Gasteiger partial charge on any atom is -0.352 e. The summed E-state index contributed by atoms with van der Waals surface area (Å²) in [6.07, 6.45) is 1.40. The summed E-state index contributed by atoms with van der Waals surface area (Å²) in [5, 5.41) is 2.29. The van der Waals surface area contributed by atoms with E-state index in [0.29, 0.717) is 18.2 Å². The van der Waals surface area contributed by atoms with E-state index in [-0.39, 0.29) is 12.2 Å². The van der Waals surface area contributed by atoms with Crippen molar-refractivity contribution in [3.63, 3.8) is 0 Å². The summed E-state index contributed by atoms with van der Waals surface area (Å²) >= 11 is 1.34. The number of thiazole rings is 1. The molecule has 15 heavy (non-hydrogen) atoms. The largest absolute Gasteiger partial charge is 0.352 e. The van der Waals surface area contributed by atoms with Gasteiger partial charge in [0.15, 0.2) is 17.1 Å². The maximum absolute atomic E-state index is 11.7. The van der Waals surface area contributed by atoms with Crippen molar-refractivity contribution in [2.75, 3.05) is 13.2 Å². The van der Waals surface area contributed by atoms with E-state index in [0.717, 1.165) is 0 Å². The molecule has 0 unspecified atom stereocenters. The van der Waals surface area contributed by atoms with Gasteiger partial charge in [-0.15, -0.1) is 11.3 Å².